The molecular formula is C33H42N3O3+. The third-order valence-corrected chi connectivity index (χ3v) is 7.62. The molecule has 6 nitrogen and oxygen atoms in total. The molecule has 2 aromatic rings. The van der Waals surface area contributed by atoms with Gasteiger partial charge in [-0.2, -0.15) is 0 Å². The van der Waals surface area contributed by atoms with E-state index in [1.165, 1.54) is 0 Å². The maximum atomic E-state index is 13.7. The highest BCUT2D eigenvalue weighted by molar-refractivity contribution is 6.09. The highest BCUT2D eigenvalue weighted by atomic mass is 16.3. The molecule has 0 spiro atoms. The molecule has 1 amide bonds. The standard InChI is InChI=1S/C33H42N3O3/c1-6-35(7-2)24-16-18-28-30(22-24)39-31-23-25(36(8-3)9-4)17-19-29(31)32(28)26-14-10-11-15-27(26)33(38)34(5)20-12-13-21-37/h10-11,14-19,22-23,37H,6-9,12-13,20-21H2,1-5H3/q+1. The van der Waals surface area contributed by atoms with Crippen molar-refractivity contribution in [3.05, 3.63) is 71.6 Å². The lowest BCUT2D eigenvalue weighted by atomic mass is 9.90. The Morgan fingerprint density at radius 3 is 2.33 bits per heavy atom. The predicted octanol–water partition coefficient (Wildman–Crippen LogP) is 5.71. The molecule has 0 atom stereocenters. The van der Waals surface area contributed by atoms with Crippen molar-refractivity contribution in [2.24, 2.45) is 0 Å². The summed E-state index contributed by atoms with van der Waals surface area (Å²) in [6, 6.07) is 20.7. The zero-order chi connectivity index (χ0) is 27.9. The van der Waals surface area contributed by atoms with Gasteiger partial charge in [-0.3, -0.25) is 4.79 Å². The monoisotopic (exact) mass is 528 g/mol. The Morgan fingerprint density at radius 2 is 1.64 bits per heavy atom. The third kappa shape index (κ3) is 5.86. The fourth-order valence-electron chi connectivity index (χ4n) is 5.38. The summed E-state index contributed by atoms with van der Waals surface area (Å²) in [5, 5.41) is 11.3. The van der Waals surface area contributed by atoms with E-state index in [0.717, 1.165) is 77.1 Å². The van der Waals surface area contributed by atoms with Crippen molar-refractivity contribution >= 4 is 22.6 Å². The number of fused-ring (bicyclic) bond motifs is 2. The van der Waals surface area contributed by atoms with Gasteiger partial charge in [0.2, 0.25) is 5.36 Å². The second-order valence-electron chi connectivity index (χ2n) is 9.89. The lowest BCUT2D eigenvalue weighted by molar-refractivity contribution is 0.0791. The molecule has 6 heteroatoms. The number of aliphatic hydroxyl groups excluding tert-OH is 1. The summed E-state index contributed by atoms with van der Waals surface area (Å²) < 4.78 is 8.92. The number of carbonyl (C=O) groups excluding carboxylic acids is 1. The maximum Gasteiger partial charge on any atom is 0.254 e. The zero-order valence-corrected chi connectivity index (χ0v) is 24.0. The quantitative estimate of drug-likeness (QED) is 0.154. The molecule has 1 aliphatic heterocycles. The Labute approximate surface area is 232 Å². The second-order valence-corrected chi connectivity index (χ2v) is 9.89. The minimum Gasteiger partial charge on any atom is -0.456 e. The molecule has 1 N–H and O–H groups in total. The highest BCUT2D eigenvalue weighted by Gasteiger charge is 2.24. The summed E-state index contributed by atoms with van der Waals surface area (Å²) in [6.07, 6.45) is 1.44. The number of hydrogen-bond acceptors (Lipinski definition) is 4. The number of carbonyl (C=O) groups is 1. The van der Waals surface area contributed by atoms with Crippen LogP contribution >= 0.6 is 0 Å². The molecule has 0 radical (unpaired) electrons. The molecule has 0 unspecified atom stereocenters. The van der Waals surface area contributed by atoms with E-state index in [0.29, 0.717) is 18.5 Å². The topological polar surface area (TPSA) is 59.9 Å². The lowest BCUT2D eigenvalue weighted by Crippen LogP contribution is -2.29. The van der Waals surface area contributed by atoms with Gasteiger partial charge in [0.25, 0.3) is 5.91 Å². The third-order valence-electron chi connectivity index (χ3n) is 7.62. The van der Waals surface area contributed by atoms with Gasteiger partial charge in [0.05, 0.1) is 6.07 Å². The predicted molar refractivity (Wildman–Crippen MR) is 161 cm³/mol. The highest BCUT2D eigenvalue weighted by Crippen LogP contribution is 2.42. The first kappa shape index (κ1) is 28.4. The fourth-order valence-corrected chi connectivity index (χ4v) is 5.38. The maximum absolute atomic E-state index is 13.7. The van der Waals surface area contributed by atoms with Crippen molar-refractivity contribution in [3.8, 4) is 22.5 Å². The smallest absolute Gasteiger partial charge is 0.254 e. The van der Waals surface area contributed by atoms with Gasteiger partial charge in [-0.25, -0.2) is 4.58 Å². The lowest BCUT2D eigenvalue weighted by Gasteiger charge is -2.23. The van der Waals surface area contributed by atoms with Crippen LogP contribution in [0.15, 0.2) is 65.1 Å². The molecule has 0 aromatic heterocycles. The van der Waals surface area contributed by atoms with Crippen LogP contribution in [0.2, 0.25) is 0 Å². The van der Waals surface area contributed by atoms with E-state index >= 15 is 0 Å². The molecule has 1 aliphatic carbocycles. The summed E-state index contributed by atoms with van der Waals surface area (Å²) in [5.41, 5.74) is 5.48. The molecule has 2 aliphatic rings. The van der Waals surface area contributed by atoms with Crippen molar-refractivity contribution < 1.29 is 14.3 Å². The zero-order valence-electron chi connectivity index (χ0n) is 24.0. The van der Waals surface area contributed by atoms with Crippen LogP contribution in [0.1, 0.15) is 50.9 Å². The van der Waals surface area contributed by atoms with Crippen LogP contribution in [0, 0.1) is 0 Å². The molecule has 2 aromatic carbocycles. The summed E-state index contributed by atoms with van der Waals surface area (Å²) in [4.78, 5) is 17.7. The number of amides is 1. The van der Waals surface area contributed by atoms with Gasteiger partial charge < -0.3 is 19.3 Å². The van der Waals surface area contributed by atoms with Crippen LogP contribution in [-0.2, 0) is 0 Å². The van der Waals surface area contributed by atoms with Crippen molar-refractivity contribution in [2.75, 3.05) is 51.3 Å². The fraction of sp³-hybridized carbons (Fsp3) is 0.394. The molecule has 0 saturated heterocycles. The Morgan fingerprint density at radius 1 is 0.897 bits per heavy atom. The van der Waals surface area contributed by atoms with Gasteiger partial charge in [0.15, 0.2) is 0 Å². The van der Waals surface area contributed by atoms with Crippen LogP contribution in [0.5, 0.6) is 0 Å². The SMILES string of the molecule is CCN(CC)c1ccc2c(-c3ccccc3C(=O)N(C)CCCCO)c3ccc(=[N+](CC)CC)cc-3oc2c1. The van der Waals surface area contributed by atoms with Gasteiger partial charge >= 0.3 is 0 Å². The number of aliphatic hydroxyl groups is 1. The molecule has 1 heterocycles. The summed E-state index contributed by atoms with van der Waals surface area (Å²) in [7, 11) is 1.83. The first-order valence-corrected chi connectivity index (χ1v) is 14.3. The Balaban J connectivity index is 2.00. The minimum absolute atomic E-state index is 0.0230. The van der Waals surface area contributed by atoms with Gasteiger partial charge in [0.1, 0.15) is 24.4 Å². The van der Waals surface area contributed by atoms with Crippen molar-refractivity contribution in [1.29, 1.82) is 0 Å². The second kappa shape index (κ2) is 12.9. The molecular weight excluding hydrogens is 486 g/mol. The van der Waals surface area contributed by atoms with Crippen LogP contribution < -0.4 is 14.8 Å². The van der Waals surface area contributed by atoms with Crippen LogP contribution in [0.3, 0.4) is 0 Å². The van der Waals surface area contributed by atoms with E-state index in [4.69, 9.17) is 4.42 Å². The van der Waals surface area contributed by atoms with Gasteiger partial charge in [0, 0.05) is 73.2 Å². The van der Waals surface area contributed by atoms with Crippen molar-refractivity contribution in [3.63, 3.8) is 0 Å². The van der Waals surface area contributed by atoms with Crippen LogP contribution in [-0.4, -0.2) is 62.3 Å². The number of rotatable bonds is 11. The van der Waals surface area contributed by atoms with Gasteiger partial charge in [-0.05, 0) is 70.4 Å². The molecule has 206 valence electrons. The summed E-state index contributed by atoms with van der Waals surface area (Å²) >= 11 is 0. The number of hydrogen-bond donors (Lipinski definition) is 1. The summed E-state index contributed by atoms with van der Waals surface area (Å²) in [5.74, 6) is 0.780. The molecule has 39 heavy (non-hydrogen) atoms. The summed E-state index contributed by atoms with van der Waals surface area (Å²) in [6.45, 7) is 13.0. The van der Waals surface area contributed by atoms with Crippen molar-refractivity contribution in [1.82, 2.24) is 9.48 Å². The first-order valence-electron chi connectivity index (χ1n) is 14.3. The number of nitrogens with zero attached hydrogens (tertiary/aromatic N) is 3. The Kier molecular flexibility index (Phi) is 9.41. The largest absolute Gasteiger partial charge is 0.456 e. The van der Waals surface area contributed by atoms with Crippen LogP contribution in [0.25, 0.3) is 33.4 Å². The van der Waals surface area contributed by atoms with Crippen molar-refractivity contribution in [2.45, 2.75) is 40.5 Å². The van der Waals surface area contributed by atoms with Gasteiger partial charge in [-0.15, -0.1) is 0 Å². The van der Waals surface area contributed by atoms with E-state index in [9.17, 15) is 9.90 Å². The van der Waals surface area contributed by atoms with E-state index in [1.54, 1.807) is 4.90 Å². The van der Waals surface area contributed by atoms with E-state index < -0.39 is 0 Å². The number of unbranched alkanes of at least 4 members (excludes halogenated alkanes) is 1. The number of benzene rings is 3. The minimum atomic E-state index is -0.0230. The molecule has 0 saturated carbocycles. The van der Waals surface area contributed by atoms with E-state index in [-0.39, 0.29) is 12.5 Å². The number of anilines is 1. The van der Waals surface area contributed by atoms with Crippen LogP contribution in [0.4, 0.5) is 5.69 Å². The molecule has 0 fully saturated rings. The molecule has 0 bridgehead atoms. The first-order chi connectivity index (χ1) is 19.0. The van der Waals surface area contributed by atoms with Gasteiger partial charge in [-0.1, -0.05) is 18.2 Å². The van der Waals surface area contributed by atoms with E-state index in [2.05, 4.69) is 73.6 Å². The average molecular weight is 529 g/mol. The Bertz CT molecular complexity index is 1460. The average Bonchev–Trinajstić information content (AvgIpc) is 2.96. The normalized spacial score (nSPS) is 11.2. The Hall–Kier alpha value is -3.64. The van der Waals surface area contributed by atoms with E-state index in [1.807, 2.05) is 31.3 Å². The molecule has 4 rings (SSSR count).